The Morgan fingerprint density at radius 2 is 2.40 bits per heavy atom. The lowest BCUT2D eigenvalue weighted by Gasteiger charge is -2.03. The van der Waals surface area contributed by atoms with Gasteiger partial charge in [-0.2, -0.15) is 0 Å². The van der Waals surface area contributed by atoms with Crippen molar-refractivity contribution in [1.29, 1.82) is 0 Å². The van der Waals surface area contributed by atoms with Crippen LogP contribution in [0.15, 0.2) is 18.3 Å². The average molecular weight is 208 g/mol. The first-order valence-corrected chi connectivity index (χ1v) is 5.03. The number of pyridine rings is 1. The first kappa shape index (κ1) is 11.7. The van der Waals surface area contributed by atoms with E-state index in [-0.39, 0.29) is 5.78 Å². The van der Waals surface area contributed by atoms with Gasteiger partial charge in [-0.05, 0) is 13.0 Å². The van der Waals surface area contributed by atoms with Gasteiger partial charge in [0.25, 0.3) is 0 Å². The summed E-state index contributed by atoms with van der Waals surface area (Å²) in [6.07, 6.45) is 2.39. The van der Waals surface area contributed by atoms with Crippen LogP contribution in [0.2, 0.25) is 0 Å². The summed E-state index contributed by atoms with van der Waals surface area (Å²) in [7, 11) is 0. The van der Waals surface area contributed by atoms with Crippen LogP contribution < -0.4 is 5.73 Å². The predicted molar refractivity (Wildman–Crippen MR) is 58.5 cm³/mol. The molecule has 0 saturated carbocycles. The molecular formula is C11H16N2O2. The molecule has 4 nitrogen and oxygen atoms in total. The van der Waals surface area contributed by atoms with E-state index >= 15 is 0 Å². The van der Waals surface area contributed by atoms with Crippen molar-refractivity contribution in [1.82, 2.24) is 4.98 Å². The van der Waals surface area contributed by atoms with Crippen molar-refractivity contribution in [2.75, 3.05) is 18.9 Å². The van der Waals surface area contributed by atoms with Gasteiger partial charge in [0, 0.05) is 31.2 Å². The summed E-state index contributed by atoms with van der Waals surface area (Å²) in [5.41, 5.74) is 6.42. The Balaban J connectivity index is 2.41. The van der Waals surface area contributed by atoms with E-state index in [4.69, 9.17) is 10.5 Å². The number of ketones is 1. The molecule has 0 atom stereocenters. The smallest absolute Gasteiger partial charge is 0.139 e. The SMILES string of the molecule is CCOCCC(=O)Cc1cccnc1N. The number of hydrogen-bond donors (Lipinski definition) is 1. The summed E-state index contributed by atoms with van der Waals surface area (Å²) in [6.45, 7) is 3.03. The van der Waals surface area contributed by atoms with Crippen LogP contribution in [0.4, 0.5) is 5.82 Å². The van der Waals surface area contributed by atoms with Gasteiger partial charge in [-0.15, -0.1) is 0 Å². The van der Waals surface area contributed by atoms with E-state index in [1.54, 1.807) is 12.3 Å². The summed E-state index contributed by atoms with van der Waals surface area (Å²) in [6, 6.07) is 3.60. The molecular weight excluding hydrogens is 192 g/mol. The van der Waals surface area contributed by atoms with E-state index in [9.17, 15) is 4.79 Å². The third kappa shape index (κ3) is 4.08. The summed E-state index contributed by atoms with van der Waals surface area (Å²) in [4.78, 5) is 15.4. The molecule has 1 aromatic heterocycles. The lowest BCUT2D eigenvalue weighted by atomic mass is 10.1. The quantitative estimate of drug-likeness (QED) is 0.713. The summed E-state index contributed by atoms with van der Waals surface area (Å²) < 4.78 is 5.10. The van der Waals surface area contributed by atoms with Crippen molar-refractivity contribution < 1.29 is 9.53 Å². The van der Waals surface area contributed by atoms with Crippen molar-refractivity contribution in [2.24, 2.45) is 0 Å². The third-order valence-corrected chi connectivity index (χ3v) is 2.04. The minimum Gasteiger partial charge on any atom is -0.383 e. The van der Waals surface area contributed by atoms with Gasteiger partial charge in [0.05, 0.1) is 6.61 Å². The normalized spacial score (nSPS) is 10.2. The van der Waals surface area contributed by atoms with Crippen molar-refractivity contribution in [3.8, 4) is 0 Å². The number of Topliss-reactive ketones (excluding diaryl/α,β-unsaturated/α-hetero) is 1. The molecule has 0 saturated heterocycles. The Morgan fingerprint density at radius 1 is 1.60 bits per heavy atom. The van der Waals surface area contributed by atoms with Gasteiger partial charge >= 0.3 is 0 Å². The monoisotopic (exact) mass is 208 g/mol. The molecule has 1 aromatic rings. The van der Waals surface area contributed by atoms with Crippen LogP contribution in [0.5, 0.6) is 0 Å². The minimum absolute atomic E-state index is 0.128. The third-order valence-electron chi connectivity index (χ3n) is 2.04. The maximum absolute atomic E-state index is 11.5. The minimum atomic E-state index is 0.128. The standard InChI is InChI=1S/C11H16N2O2/c1-2-15-7-5-10(14)8-9-4-3-6-13-11(9)12/h3-4,6H,2,5,7-8H2,1H3,(H2,12,13). The van der Waals surface area contributed by atoms with Crippen LogP contribution in [-0.4, -0.2) is 24.0 Å². The molecule has 0 aliphatic heterocycles. The number of aromatic nitrogens is 1. The van der Waals surface area contributed by atoms with E-state index in [1.807, 2.05) is 13.0 Å². The Hall–Kier alpha value is -1.42. The van der Waals surface area contributed by atoms with Gasteiger partial charge < -0.3 is 10.5 Å². The highest BCUT2D eigenvalue weighted by Crippen LogP contribution is 2.08. The van der Waals surface area contributed by atoms with E-state index in [0.29, 0.717) is 31.9 Å². The lowest BCUT2D eigenvalue weighted by molar-refractivity contribution is -0.119. The number of hydrogen-bond acceptors (Lipinski definition) is 4. The van der Waals surface area contributed by atoms with Gasteiger partial charge in [-0.3, -0.25) is 4.79 Å². The molecule has 0 spiro atoms. The molecule has 2 N–H and O–H groups in total. The predicted octanol–water partition coefficient (Wildman–Crippen LogP) is 1.20. The Morgan fingerprint density at radius 3 is 3.07 bits per heavy atom. The zero-order valence-corrected chi connectivity index (χ0v) is 8.90. The van der Waals surface area contributed by atoms with Gasteiger partial charge in [0.2, 0.25) is 0 Å². The van der Waals surface area contributed by atoms with Crippen LogP contribution in [0.25, 0.3) is 0 Å². The highest BCUT2D eigenvalue weighted by Gasteiger charge is 2.06. The number of anilines is 1. The highest BCUT2D eigenvalue weighted by atomic mass is 16.5. The van der Waals surface area contributed by atoms with Crippen LogP contribution in [0.1, 0.15) is 18.9 Å². The number of nitrogen functional groups attached to an aromatic ring is 1. The molecule has 0 radical (unpaired) electrons. The molecule has 0 aliphatic carbocycles. The summed E-state index contributed by atoms with van der Waals surface area (Å²) in [5.74, 6) is 0.561. The summed E-state index contributed by atoms with van der Waals surface area (Å²) >= 11 is 0. The van der Waals surface area contributed by atoms with E-state index in [0.717, 1.165) is 5.56 Å². The number of rotatable bonds is 6. The molecule has 4 heteroatoms. The molecule has 0 unspecified atom stereocenters. The molecule has 15 heavy (non-hydrogen) atoms. The zero-order valence-electron chi connectivity index (χ0n) is 8.90. The van der Waals surface area contributed by atoms with E-state index in [2.05, 4.69) is 4.98 Å². The van der Waals surface area contributed by atoms with E-state index in [1.165, 1.54) is 0 Å². The zero-order chi connectivity index (χ0) is 11.1. The highest BCUT2D eigenvalue weighted by molar-refractivity contribution is 5.82. The fourth-order valence-electron chi connectivity index (χ4n) is 1.23. The molecule has 82 valence electrons. The molecule has 0 aromatic carbocycles. The molecule has 0 amide bonds. The largest absolute Gasteiger partial charge is 0.383 e. The molecule has 0 bridgehead atoms. The lowest BCUT2D eigenvalue weighted by Crippen LogP contribution is -2.09. The Labute approximate surface area is 89.5 Å². The molecule has 0 aliphatic rings. The van der Waals surface area contributed by atoms with Crippen molar-refractivity contribution in [3.63, 3.8) is 0 Å². The molecule has 1 heterocycles. The second-order valence-electron chi connectivity index (χ2n) is 3.21. The number of nitrogens with zero attached hydrogens (tertiary/aromatic N) is 1. The summed E-state index contributed by atoms with van der Waals surface area (Å²) in [5, 5.41) is 0. The fraction of sp³-hybridized carbons (Fsp3) is 0.455. The van der Waals surface area contributed by atoms with Crippen molar-refractivity contribution in [3.05, 3.63) is 23.9 Å². The van der Waals surface area contributed by atoms with Gasteiger partial charge in [0.15, 0.2) is 0 Å². The molecule has 0 fully saturated rings. The Kier molecular flexibility index (Phi) is 4.77. The number of ether oxygens (including phenoxy) is 1. The van der Waals surface area contributed by atoms with Crippen LogP contribution in [-0.2, 0) is 16.0 Å². The van der Waals surface area contributed by atoms with Gasteiger partial charge in [-0.1, -0.05) is 6.07 Å². The maximum atomic E-state index is 11.5. The average Bonchev–Trinajstić information content (AvgIpc) is 2.22. The van der Waals surface area contributed by atoms with Crippen LogP contribution in [0.3, 0.4) is 0 Å². The number of carbonyl (C=O) groups is 1. The molecule has 1 rings (SSSR count). The topological polar surface area (TPSA) is 65.2 Å². The maximum Gasteiger partial charge on any atom is 0.139 e. The first-order chi connectivity index (χ1) is 7.24. The fourth-order valence-corrected chi connectivity index (χ4v) is 1.23. The second kappa shape index (κ2) is 6.14. The van der Waals surface area contributed by atoms with Crippen LogP contribution >= 0.6 is 0 Å². The Bertz CT molecular complexity index is 326. The van der Waals surface area contributed by atoms with Gasteiger partial charge in [0.1, 0.15) is 11.6 Å². The second-order valence-corrected chi connectivity index (χ2v) is 3.21. The number of nitrogens with two attached hydrogens (primary N) is 1. The van der Waals surface area contributed by atoms with Gasteiger partial charge in [-0.25, -0.2) is 4.98 Å². The number of carbonyl (C=O) groups excluding carboxylic acids is 1. The first-order valence-electron chi connectivity index (χ1n) is 5.03. The van der Waals surface area contributed by atoms with Crippen LogP contribution in [0, 0.1) is 0 Å². The van der Waals surface area contributed by atoms with Crippen molar-refractivity contribution in [2.45, 2.75) is 19.8 Å². The van der Waals surface area contributed by atoms with E-state index < -0.39 is 0 Å². The van der Waals surface area contributed by atoms with Crippen molar-refractivity contribution >= 4 is 11.6 Å².